The van der Waals surface area contributed by atoms with E-state index in [9.17, 15) is 4.79 Å². The lowest BCUT2D eigenvalue weighted by atomic mass is 10.4. The summed E-state index contributed by atoms with van der Waals surface area (Å²) in [6.45, 7) is 0.142. The highest BCUT2D eigenvalue weighted by Crippen LogP contribution is 2.33. The SMILES string of the molecule is COC(=O)Cn1cccc/c1=N\P(c1ccccc1)c1ccccc1. The Balaban J connectivity index is 2.10. The van der Waals surface area contributed by atoms with Crippen molar-refractivity contribution in [2.75, 3.05) is 7.11 Å². The van der Waals surface area contributed by atoms with E-state index in [1.54, 1.807) is 0 Å². The number of rotatable bonds is 5. The van der Waals surface area contributed by atoms with Gasteiger partial charge < -0.3 is 9.30 Å². The van der Waals surface area contributed by atoms with Crippen LogP contribution in [0.15, 0.2) is 89.8 Å². The standard InChI is InChI=1S/C20H19N2O2P/c1-24-20(23)16-22-15-9-8-14-19(22)21-25(17-10-4-2-5-11-17)18-12-6-3-7-13-18/h2-15H,16H2,1H3/b21-19+. The Morgan fingerprint density at radius 1 is 0.920 bits per heavy atom. The van der Waals surface area contributed by atoms with Crippen LogP contribution < -0.4 is 16.1 Å². The van der Waals surface area contributed by atoms with Crippen molar-refractivity contribution >= 4 is 24.7 Å². The number of methoxy groups -OCH3 is 1. The van der Waals surface area contributed by atoms with E-state index < -0.39 is 8.07 Å². The Morgan fingerprint density at radius 3 is 2.04 bits per heavy atom. The van der Waals surface area contributed by atoms with Gasteiger partial charge in [-0.25, -0.2) is 4.76 Å². The Bertz CT molecular complexity index is 853. The molecule has 5 heteroatoms. The molecule has 0 aliphatic rings. The summed E-state index contributed by atoms with van der Waals surface area (Å²) in [5.74, 6) is -0.295. The smallest absolute Gasteiger partial charge is 0.325 e. The van der Waals surface area contributed by atoms with Gasteiger partial charge in [0.2, 0.25) is 0 Å². The molecule has 0 unspecified atom stereocenters. The van der Waals surface area contributed by atoms with Crippen LogP contribution in [0.3, 0.4) is 0 Å². The molecular formula is C20H19N2O2P. The largest absolute Gasteiger partial charge is 0.468 e. The number of carbonyl (C=O) groups is 1. The Kier molecular flexibility index (Phi) is 5.76. The van der Waals surface area contributed by atoms with Gasteiger partial charge in [0.05, 0.1) is 15.2 Å². The Hall–Kier alpha value is -2.71. The maximum atomic E-state index is 11.7. The van der Waals surface area contributed by atoms with Crippen LogP contribution in [-0.2, 0) is 16.1 Å². The first-order valence-corrected chi connectivity index (χ1v) is 9.24. The van der Waals surface area contributed by atoms with Gasteiger partial charge in [-0.2, -0.15) is 0 Å². The van der Waals surface area contributed by atoms with E-state index in [-0.39, 0.29) is 12.5 Å². The van der Waals surface area contributed by atoms with Crippen LogP contribution in [0.5, 0.6) is 0 Å². The number of ether oxygens (including phenoxy) is 1. The van der Waals surface area contributed by atoms with Gasteiger partial charge in [0, 0.05) is 16.8 Å². The highest BCUT2D eigenvalue weighted by atomic mass is 31.1. The fourth-order valence-corrected chi connectivity index (χ4v) is 4.23. The number of esters is 1. The maximum absolute atomic E-state index is 11.7. The molecule has 0 atom stereocenters. The number of hydrogen-bond acceptors (Lipinski definition) is 3. The van der Waals surface area contributed by atoms with Gasteiger partial charge in [-0.1, -0.05) is 66.7 Å². The van der Waals surface area contributed by atoms with Crippen LogP contribution in [0.4, 0.5) is 0 Å². The van der Waals surface area contributed by atoms with E-state index >= 15 is 0 Å². The zero-order chi connectivity index (χ0) is 17.5. The molecule has 3 aromatic rings. The maximum Gasteiger partial charge on any atom is 0.325 e. The second-order valence-corrected chi connectivity index (χ2v) is 7.20. The summed E-state index contributed by atoms with van der Waals surface area (Å²) in [4.78, 5) is 11.7. The third kappa shape index (κ3) is 4.43. The second-order valence-electron chi connectivity index (χ2n) is 5.35. The molecule has 126 valence electrons. The molecule has 0 spiro atoms. The molecule has 0 N–H and O–H groups in total. The summed E-state index contributed by atoms with van der Waals surface area (Å²) in [6.07, 6.45) is 1.85. The van der Waals surface area contributed by atoms with Crippen molar-refractivity contribution in [3.05, 3.63) is 90.5 Å². The average Bonchev–Trinajstić information content (AvgIpc) is 2.68. The lowest BCUT2D eigenvalue weighted by Crippen LogP contribution is -2.25. The topological polar surface area (TPSA) is 43.6 Å². The fourth-order valence-electron chi connectivity index (χ4n) is 2.40. The van der Waals surface area contributed by atoms with Crippen molar-refractivity contribution in [3.63, 3.8) is 0 Å². The molecule has 0 fully saturated rings. The van der Waals surface area contributed by atoms with Crippen molar-refractivity contribution in [2.45, 2.75) is 6.54 Å². The molecule has 0 aliphatic heterocycles. The summed E-state index contributed by atoms with van der Waals surface area (Å²) < 4.78 is 11.6. The number of pyridine rings is 1. The van der Waals surface area contributed by atoms with E-state index in [2.05, 4.69) is 24.3 Å². The van der Waals surface area contributed by atoms with E-state index in [4.69, 9.17) is 9.50 Å². The minimum Gasteiger partial charge on any atom is -0.468 e. The summed E-state index contributed by atoms with van der Waals surface area (Å²) in [7, 11) is 0.472. The molecule has 0 amide bonds. The van der Waals surface area contributed by atoms with Gasteiger partial charge in [-0.05, 0) is 12.1 Å². The lowest BCUT2D eigenvalue weighted by molar-refractivity contribution is -0.141. The molecule has 25 heavy (non-hydrogen) atoms. The van der Waals surface area contributed by atoms with E-state index in [0.29, 0.717) is 0 Å². The molecule has 0 bridgehead atoms. The first kappa shape index (κ1) is 17.1. The molecule has 1 heterocycles. The normalized spacial score (nSPS) is 11.5. The van der Waals surface area contributed by atoms with Crippen LogP contribution in [0.1, 0.15) is 0 Å². The summed E-state index contributed by atoms with van der Waals surface area (Å²) in [5, 5.41) is 2.33. The van der Waals surface area contributed by atoms with E-state index in [1.165, 1.54) is 7.11 Å². The van der Waals surface area contributed by atoms with Gasteiger partial charge in [0.15, 0.2) is 0 Å². The Morgan fingerprint density at radius 2 is 1.48 bits per heavy atom. The van der Waals surface area contributed by atoms with Gasteiger partial charge >= 0.3 is 5.97 Å². The molecule has 3 rings (SSSR count). The fraction of sp³-hybridized carbons (Fsp3) is 0.100. The van der Waals surface area contributed by atoms with Crippen LogP contribution in [0.2, 0.25) is 0 Å². The lowest BCUT2D eigenvalue weighted by Gasteiger charge is -2.14. The average molecular weight is 350 g/mol. The quantitative estimate of drug-likeness (QED) is 0.524. The van der Waals surface area contributed by atoms with Crippen molar-refractivity contribution in [2.24, 2.45) is 4.76 Å². The predicted molar refractivity (Wildman–Crippen MR) is 101 cm³/mol. The van der Waals surface area contributed by atoms with Gasteiger partial charge in [-0.3, -0.25) is 4.79 Å². The molecule has 0 aliphatic carbocycles. The highest BCUT2D eigenvalue weighted by Gasteiger charge is 2.13. The molecule has 2 aromatic carbocycles. The highest BCUT2D eigenvalue weighted by molar-refractivity contribution is 7.71. The summed E-state index contributed by atoms with van der Waals surface area (Å²) in [5.41, 5.74) is 0.756. The van der Waals surface area contributed by atoms with Crippen molar-refractivity contribution < 1.29 is 9.53 Å². The minimum atomic E-state index is -0.921. The number of hydrogen-bond donors (Lipinski definition) is 0. The molecule has 1 aromatic heterocycles. The second kappa shape index (κ2) is 8.41. The Labute approximate surface area is 148 Å². The summed E-state index contributed by atoms with van der Waals surface area (Å²) >= 11 is 0. The molecule has 4 nitrogen and oxygen atoms in total. The number of benzene rings is 2. The molecule has 0 saturated heterocycles. The number of nitrogens with zero attached hydrogens (tertiary/aromatic N) is 2. The number of carbonyl (C=O) groups excluding carboxylic acids is 1. The van der Waals surface area contributed by atoms with Crippen LogP contribution in [0, 0.1) is 0 Å². The van der Waals surface area contributed by atoms with Crippen molar-refractivity contribution in [1.29, 1.82) is 0 Å². The number of aromatic nitrogens is 1. The third-order valence-electron chi connectivity index (χ3n) is 3.65. The van der Waals surface area contributed by atoms with Gasteiger partial charge in [0.25, 0.3) is 0 Å². The molecule has 0 saturated carbocycles. The molecular weight excluding hydrogens is 331 g/mol. The zero-order valence-corrected chi connectivity index (χ0v) is 14.8. The van der Waals surface area contributed by atoms with Crippen molar-refractivity contribution in [1.82, 2.24) is 4.57 Å². The van der Waals surface area contributed by atoms with Gasteiger partial charge in [-0.15, -0.1) is 0 Å². The third-order valence-corrected chi connectivity index (χ3v) is 5.63. The van der Waals surface area contributed by atoms with Crippen LogP contribution in [-0.4, -0.2) is 17.6 Å². The van der Waals surface area contributed by atoms with E-state index in [1.807, 2.05) is 65.4 Å². The summed E-state index contributed by atoms with van der Waals surface area (Å²) in [6, 6.07) is 26.2. The van der Waals surface area contributed by atoms with Gasteiger partial charge in [0.1, 0.15) is 12.0 Å². The van der Waals surface area contributed by atoms with Crippen LogP contribution >= 0.6 is 8.07 Å². The first-order valence-electron chi connectivity index (χ1n) is 7.95. The molecule has 0 radical (unpaired) electrons. The minimum absolute atomic E-state index is 0.142. The van der Waals surface area contributed by atoms with Crippen molar-refractivity contribution in [3.8, 4) is 0 Å². The van der Waals surface area contributed by atoms with Crippen LogP contribution in [0.25, 0.3) is 0 Å². The monoisotopic (exact) mass is 350 g/mol. The first-order chi connectivity index (χ1) is 12.3. The zero-order valence-electron chi connectivity index (χ0n) is 13.9. The van der Waals surface area contributed by atoms with E-state index in [0.717, 1.165) is 16.1 Å². The predicted octanol–water partition coefficient (Wildman–Crippen LogP) is 2.61.